The molecular formula is C14H17N3O3S. The molecule has 0 aliphatic heterocycles. The monoisotopic (exact) mass is 307 g/mol. The maximum Gasteiger partial charge on any atom is 0.259 e. The van der Waals surface area contributed by atoms with Crippen molar-refractivity contribution in [3.63, 3.8) is 0 Å². The number of nitrogens with zero attached hydrogens (tertiary/aromatic N) is 1. The molecule has 0 fully saturated rings. The van der Waals surface area contributed by atoms with Crippen molar-refractivity contribution in [2.75, 3.05) is 0 Å². The van der Waals surface area contributed by atoms with E-state index in [2.05, 4.69) is 15.2 Å². The molecule has 1 heterocycles. The lowest BCUT2D eigenvalue weighted by molar-refractivity contribution is -0.124. The van der Waals surface area contributed by atoms with Crippen molar-refractivity contribution >= 4 is 26.8 Å². The Bertz CT molecular complexity index is 785. The number of para-hydroxylation sites is 1. The predicted octanol–water partition coefficient (Wildman–Crippen LogP) is 1.51. The lowest BCUT2D eigenvalue weighted by atomic mass is 10.2. The van der Waals surface area contributed by atoms with Crippen LogP contribution in [0.2, 0.25) is 0 Å². The van der Waals surface area contributed by atoms with E-state index in [1.165, 1.54) is 6.07 Å². The van der Waals surface area contributed by atoms with E-state index >= 15 is 0 Å². The van der Waals surface area contributed by atoms with E-state index in [-0.39, 0.29) is 10.8 Å². The van der Waals surface area contributed by atoms with Crippen LogP contribution in [0.5, 0.6) is 0 Å². The molecule has 2 N–H and O–H groups in total. The molecule has 0 saturated carbocycles. The molecule has 0 aliphatic carbocycles. The van der Waals surface area contributed by atoms with Crippen molar-refractivity contribution in [2.24, 2.45) is 5.92 Å². The summed E-state index contributed by atoms with van der Waals surface area (Å²) < 4.78 is 24.6. The molecule has 21 heavy (non-hydrogen) atoms. The summed E-state index contributed by atoms with van der Waals surface area (Å²) in [5.41, 5.74) is 3.50. The number of amides is 1. The van der Waals surface area contributed by atoms with Crippen LogP contribution in [0.4, 0.5) is 0 Å². The third-order valence-electron chi connectivity index (χ3n) is 2.93. The first-order valence-electron chi connectivity index (χ1n) is 6.48. The second-order valence-corrected chi connectivity index (χ2v) is 6.74. The standard InChI is InChI=1S/C14H17N3O3S/c1-9(2)14(18)16-17-21(19,20)12-6-4-5-11-7-10(3)8-15-13(11)12/h4-9,17H,1-3H3,(H,16,18). The average molecular weight is 307 g/mol. The zero-order valence-corrected chi connectivity index (χ0v) is 12.9. The number of aromatic nitrogens is 1. The fourth-order valence-electron chi connectivity index (χ4n) is 1.78. The van der Waals surface area contributed by atoms with Crippen molar-refractivity contribution in [1.82, 2.24) is 15.2 Å². The number of hydrazine groups is 1. The maximum absolute atomic E-state index is 12.3. The van der Waals surface area contributed by atoms with Crippen LogP contribution in [0.25, 0.3) is 10.9 Å². The fourth-order valence-corrected chi connectivity index (χ4v) is 2.80. The van der Waals surface area contributed by atoms with E-state index in [0.717, 1.165) is 10.9 Å². The Hall–Kier alpha value is -1.99. The minimum Gasteiger partial charge on any atom is -0.277 e. The first kappa shape index (κ1) is 15.4. The highest BCUT2D eigenvalue weighted by molar-refractivity contribution is 7.89. The summed E-state index contributed by atoms with van der Waals surface area (Å²) in [5, 5.41) is 0.730. The van der Waals surface area contributed by atoms with E-state index in [1.54, 1.807) is 32.2 Å². The minimum absolute atomic E-state index is 0.0315. The number of fused-ring (bicyclic) bond motifs is 1. The summed E-state index contributed by atoms with van der Waals surface area (Å²) in [6.07, 6.45) is 1.61. The number of rotatable bonds is 4. The third kappa shape index (κ3) is 3.37. The number of nitrogens with one attached hydrogen (secondary N) is 2. The first-order chi connectivity index (χ1) is 9.81. The van der Waals surface area contributed by atoms with Crippen LogP contribution in [0.15, 0.2) is 35.4 Å². The van der Waals surface area contributed by atoms with Gasteiger partial charge in [-0.1, -0.05) is 26.0 Å². The van der Waals surface area contributed by atoms with Crippen LogP contribution in [0.3, 0.4) is 0 Å². The molecule has 0 aliphatic rings. The SMILES string of the molecule is Cc1cnc2c(S(=O)(=O)NNC(=O)C(C)C)cccc2c1. The van der Waals surface area contributed by atoms with Crippen molar-refractivity contribution in [3.05, 3.63) is 36.0 Å². The number of carbonyl (C=O) groups is 1. The van der Waals surface area contributed by atoms with Crippen molar-refractivity contribution in [1.29, 1.82) is 0 Å². The van der Waals surface area contributed by atoms with Crippen LogP contribution in [0.1, 0.15) is 19.4 Å². The maximum atomic E-state index is 12.3. The highest BCUT2D eigenvalue weighted by Crippen LogP contribution is 2.21. The van der Waals surface area contributed by atoms with Gasteiger partial charge in [0.2, 0.25) is 5.91 Å². The molecule has 1 aromatic heterocycles. The largest absolute Gasteiger partial charge is 0.277 e. The molecule has 0 radical (unpaired) electrons. The molecule has 112 valence electrons. The summed E-state index contributed by atoms with van der Waals surface area (Å²) in [6.45, 7) is 5.23. The van der Waals surface area contributed by atoms with Crippen LogP contribution >= 0.6 is 0 Å². The Morgan fingerprint density at radius 1 is 1.29 bits per heavy atom. The van der Waals surface area contributed by atoms with E-state index < -0.39 is 15.9 Å². The van der Waals surface area contributed by atoms with Crippen LogP contribution in [0, 0.1) is 12.8 Å². The molecule has 1 aromatic carbocycles. The van der Waals surface area contributed by atoms with Gasteiger partial charge in [-0.3, -0.25) is 15.2 Å². The van der Waals surface area contributed by atoms with Gasteiger partial charge in [-0.2, -0.15) is 0 Å². The normalized spacial score (nSPS) is 11.8. The van der Waals surface area contributed by atoms with Gasteiger partial charge in [0.05, 0.1) is 5.52 Å². The smallest absolute Gasteiger partial charge is 0.259 e. The van der Waals surface area contributed by atoms with E-state index in [4.69, 9.17) is 0 Å². The van der Waals surface area contributed by atoms with Gasteiger partial charge in [-0.15, -0.1) is 4.83 Å². The second-order valence-electron chi connectivity index (χ2n) is 5.09. The zero-order chi connectivity index (χ0) is 15.6. The zero-order valence-electron chi connectivity index (χ0n) is 12.0. The average Bonchev–Trinajstić information content (AvgIpc) is 2.43. The Morgan fingerprint density at radius 2 is 2.00 bits per heavy atom. The fraction of sp³-hybridized carbons (Fsp3) is 0.286. The molecular weight excluding hydrogens is 290 g/mol. The lowest BCUT2D eigenvalue weighted by Crippen LogP contribution is -2.43. The molecule has 2 aromatic rings. The summed E-state index contributed by atoms with van der Waals surface area (Å²) in [7, 11) is -3.87. The Morgan fingerprint density at radius 3 is 2.67 bits per heavy atom. The molecule has 0 bridgehead atoms. The summed E-state index contributed by atoms with van der Waals surface area (Å²) in [6, 6.07) is 6.74. The Kier molecular flexibility index (Phi) is 4.24. The molecule has 7 heteroatoms. The van der Waals surface area contributed by atoms with E-state index in [9.17, 15) is 13.2 Å². The van der Waals surface area contributed by atoms with Crippen LogP contribution in [-0.4, -0.2) is 19.3 Å². The molecule has 0 unspecified atom stereocenters. The molecule has 0 spiro atoms. The highest BCUT2D eigenvalue weighted by Gasteiger charge is 2.19. The number of benzene rings is 1. The molecule has 6 nitrogen and oxygen atoms in total. The van der Waals surface area contributed by atoms with Crippen molar-refractivity contribution < 1.29 is 13.2 Å². The predicted molar refractivity (Wildman–Crippen MR) is 79.8 cm³/mol. The van der Waals surface area contributed by atoms with Gasteiger partial charge in [0, 0.05) is 17.5 Å². The molecule has 2 rings (SSSR count). The summed E-state index contributed by atoms with van der Waals surface area (Å²) in [5.74, 6) is -0.719. The van der Waals surface area contributed by atoms with Gasteiger partial charge >= 0.3 is 0 Å². The summed E-state index contributed by atoms with van der Waals surface area (Å²) >= 11 is 0. The van der Waals surface area contributed by atoms with Crippen molar-refractivity contribution in [2.45, 2.75) is 25.7 Å². The van der Waals surface area contributed by atoms with Crippen LogP contribution in [-0.2, 0) is 14.8 Å². The topological polar surface area (TPSA) is 88.2 Å². The van der Waals surface area contributed by atoms with Gasteiger partial charge in [0.25, 0.3) is 10.0 Å². The Balaban J connectivity index is 2.39. The van der Waals surface area contributed by atoms with Gasteiger partial charge in [0.1, 0.15) is 4.90 Å². The van der Waals surface area contributed by atoms with Gasteiger partial charge in [-0.05, 0) is 24.6 Å². The van der Waals surface area contributed by atoms with Gasteiger partial charge < -0.3 is 0 Å². The number of hydrogen-bond donors (Lipinski definition) is 2. The molecule has 1 amide bonds. The number of hydrogen-bond acceptors (Lipinski definition) is 4. The van der Waals surface area contributed by atoms with Crippen LogP contribution < -0.4 is 10.3 Å². The van der Waals surface area contributed by atoms with E-state index in [1.807, 2.05) is 13.0 Å². The number of pyridine rings is 1. The van der Waals surface area contributed by atoms with E-state index in [0.29, 0.717) is 5.52 Å². The van der Waals surface area contributed by atoms with Gasteiger partial charge in [0.15, 0.2) is 0 Å². The third-order valence-corrected chi connectivity index (χ3v) is 4.21. The van der Waals surface area contributed by atoms with Gasteiger partial charge in [-0.25, -0.2) is 8.42 Å². The number of carbonyl (C=O) groups excluding carboxylic acids is 1. The number of sulfonamides is 1. The second kappa shape index (κ2) is 5.79. The molecule has 0 atom stereocenters. The highest BCUT2D eigenvalue weighted by atomic mass is 32.2. The number of aryl methyl sites for hydroxylation is 1. The summed E-state index contributed by atoms with van der Waals surface area (Å²) in [4.78, 5) is 17.8. The molecule has 0 saturated heterocycles. The minimum atomic E-state index is -3.87. The van der Waals surface area contributed by atoms with Crippen molar-refractivity contribution in [3.8, 4) is 0 Å². The first-order valence-corrected chi connectivity index (χ1v) is 7.96. The quantitative estimate of drug-likeness (QED) is 0.838. The Labute approximate surface area is 123 Å². The lowest BCUT2D eigenvalue weighted by Gasteiger charge is -2.11.